The number of rotatable bonds is 11. The summed E-state index contributed by atoms with van der Waals surface area (Å²) in [6.07, 6.45) is 1.53. The Morgan fingerprint density at radius 3 is 2.23 bits per heavy atom. The van der Waals surface area contributed by atoms with Gasteiger partial charge in [-0.1, -0.05) is 63.2 Å². The third-order valence-corrected chi connectivity index (χ3v) is 7.19. The molecule has 1 amide bonds. The van der Waals surface area contributed by atoms with E-state index in [9.17, 15) is 9.59 Å². The van der Waals surface area contributed by atoms with E-state index in [-0.39, 0.29) is 17.4 Å². The predicted octanol–water partition coefficient (Wildman–Crippen LogP) is 6.91. The molecule has 6 nitrogen and oxygen atoms in total. The molecular weight excluding hydrogens is 486 g/mol. The summed E-state index contributed by atoms with van der Waals surface area (Å²) in [7, 11) is 0. The van der Waals surface area contributed by atoms with E-state index in [0.717, 1.165) is 17.7 Å². The van der Waals surface area contributed by atoms with E-state index in [0.29, 0.717) is 47.9 Å². The third-order valence-electron chi connectivity index (χ3n) is 7.19. The number of carbonyl (C=O) groups is 1. The van der Waals surface area contributed by atoms with Crippen molar-refractivity contribution < 1.29 is 9.53 Å². The normalized spacial score (nSPS) is 12.9. The molecule has 1 aromatic heterocycles. The van der Waals surface area contributed by atoms with Crippen LogP contribution in [-0.4, -0.2) is 33.5 Å². The average Bonchev–Trinajstić information content (AvgIpc) is 2.94. The minimum absolute atomic E-state index is 0.0532. The molecule has 0 aliphatic heterocycles. The molecular formula is C33H39N3O3. The molecule has 0 saturated heterocycles. The Balaban J connectivity index is 1.86. The van der Waals surface area contributed by atoms with Crippen LogP contribution in [0.1, 0.15) is 70.8 Å². The molecule has 0 aliphatic carbocycles. The Morgan fingerprint density at radius 1 is 0.923 bits per heavy atom. The van der Waals surface area contributed by atoms with Crippen molar-refractivity contribution in [3.8, 4) is 11.4 Å². The van der Waals surface area contributed by atoms with Crippen LogP contribution in [0.3, 0.4) is 0 Å². The molecule has 0 aliphatic rings. The Kier molecular flexibility index (Phi) is 9.18. The summed E-state index contributed by atoms with van der Waals surface area (Å²) in [5, 5.41) is 0.540. The summed E-state index contributed by atoms with van der Waals surface area (Å²) < 4.78 is 7.28. The highest BCUT2D eigenvalue weighted by Crippen LogP contribution is 2.30. The van der Waals surface area contributed by atoms with E-state index in [2.05, 4.69) is 13.8 Å². The fourth-order valence-corrected chi connectivity index (χ4v) is 5.01. The highest BCUT2D eigenvalue weighted by molar-refractivity contribution is 5.84. The van der Waals surface area contributed by atoms with E-state index in [1.807, 2.05) is 98.5 Å². The minimum Gasteiger partial charge on any atom is -0.494 e. The number of nitrogens with zero attached hydrogens (tertiary/aromatic N) is 3. The number of fused-ring (bicyclic) bond motifs is 1. The lowest BCUT2D eigenvalue weighted by atomic mass is 9.94. The molecule has 1 heterocycles. The van der Waals surface area contributed by atoms with Gasteiger partial charge in [0, 0.05) is 6.54 Å². The lowest BCUT2D eigenvalue weighted by Gasteiger charge is -2.34. The number of aromatic nitrogens is 2. The zero-order valence-electron chi connectivity index (χ0n) is 23.6. The SMILES string of the molecule is CCOc1ccc(-n2c(C(C)N(CCC(C)C)C(=O)C(CC)c3ccccc3)nc3ccccc3c2=O)cc1. The van der Waals surface area contributed by atoms with Crippen LogP contribution in [0.25, 0.3) is 16.6 Å². The largest absolute Gasteiger partial charge is 0.494 e. The molecule has 4 rings (SSSR count). The van der Waals surface area contributed by atoms with E-state index >= 15 is 0 Å². The van der Waals surface area contributed by atoms with Crippen molar-refractivity contribution in [1.29, 1.82) is 0 Å². The highest BCUT2D eigenvalue weighted by Gasteiger charge is 2.31. The van der Waals surface area contributed by atoms with Crippen LogP contribution in [-0.2, 0) is 4.79 Å². The van der Waals surface area contributed by atoms with Gasteiger partial charge in [0.2, 0.25) is 5.91 Å². The lowest BCUT2D eigenvalue weighted by Crippen LogP contribution is -2.40. The molecule has 0 spiro atoms. The van der Waals surface area contributed by atoms with Crippen LogP contribution in [0.15, 0.2) is 83.7 Å². The third kappa shape index (κ3) is 6.22. The van der Waals surface area contributed by atoms with Crippen molar-refractivity contribution in [2.45, 2.75) is 59.4 Å². The van der Waals surface area contributed by atoms with Crippen LogP contribution in [0, 0.1) is 5.92 Å². The van der Waals surface area contributed by atoms with Crippen LogP contribution < -0.4 is 10.3 Å². The molecule has 204 valence electrons. The first-order valence-corrected chi connectivity index (χ1v) is 14.0. The van der Waals surface area contributed by atoms with Crippen LogP contribution in [0.4, 0.5) is 0 Å². The molecule has 0 N–H and O–H groups in total. The number of para-hydroxylation sites is 1. The summed E-state index contributed by atoms with van der Waals surface area (Å²) in [5.74, 6) is 1.48. The number of amides is 1. The van der Waals surface area contributed by atoms with Gasteiger partial charge in [-0.05, 0) is 74.6 Å². The monoisotopic (exact) mass is 525 g/mol. The minimum atomic E-state index is -0.433. The molecule has 0 saturated carbocycles. The standard InChI is InChI=1S/C33H39N3O3/c1-6-28(25-13-9-8-10-14-25)32(37)35(22-21-23(3)4)24(5)31-34-30-16-12-11-15-29(30)33(38)36(31)26-17-19-27(20-18-26)39-7-2/h8-20,23-24,28H,6-7,21-22H2,1-5H3. The van der Waals surface area contributed by atoms with Crippen molar-refractivity contribution in [2.75, 3.05) is 13.2 Å². The quantitative estimate of drug-likeness (QED) is 0.213. The topological polar surface area (TPSA) is 64.4 Å². The van der Waals surface area contributed by atoms with Gasteiger partial charge in [0.05, 0.1) is 35.2 Å². The van der Waals surface area contributed by atoms with Crippen LogP contribution in [0.5, 0.6) is 5.75 Å². The summed E-state index contributed by atoms with van der Waals surface area (Å²) >= 11 is 0. The van der Waals surface area contributed by atoms with Crippen LogP contribution >= 0.6 is 0 Å². The Labute approximate surface area is 231 Å². The molecule has 2 unspecified atom stereocenters. The fraction of sp³-hybridized carbons (Fsp3) is 0.364. The first kappa shape index (κ1) is 28.1. The summed E-state index contributed by atoms with van der Waals surface area (Å²) in [4.78, 5) is 35.0. The number of ether oxygens (including phenoxy) is 1. The van der Waals surface area contributed by atoms with E-state index in [1.54, 1.807) is 10.6 Å². The zero-order chi connectivity index (χ0) is 27.9. The maximum atomic E-state index is 14.2. The van der Waals surface area contributed by atoms with E-state index in [4.69, 9.17) is 9.72 Å². The average molecular weight is 526 g/mol. The van der Waals surface area contributed by atoms with Gasteiger partial charge in [0.1, 0.15) is 11.6 Å². The molecule has 3 aromatic carbocycles. The molecule has 4 aromatic rings. The summed E-state index contributed by atoms with van der Waals surface area (Å²) in [6.45, 7) is 11.4. The van der Waals surface area contributed by atoms with Crippen molar-refractivity contribution in [2.24, 2.45) is 5.92 Å². The summed E-state index contributed by atoms with van der Waals surface area (Å²) in [5.41, 5.74) is 2.16. The maximum absolute atomic E-state index is 14.2. The van der Waals surface area contributed by atoms with Gasteiger partial charge in [-0.2, -0.15) is 0 Å². The van der Waals surface area contributed by atoms with Crippen molar-refractivity contribution in [3.63, 3.8) is 0 Å². The van der Waals surface area contributed by atoms with Crippen molar-refractivity contribution in [3.05, 3.63) is 101 Å². The molecule has 6 heteroatoms. The molecule has 2 atom stereocenters. The molecule has 0 fully saturated rings. The summed E-state index contributed by atoms with van der Waals surface area (Å²) in [6, 6.07) is 24.4. The number of hydrogen-bond donors (Lipinski definition) is 0. The Hall–Kier alpha value is -3.93. The van der Waals surface area contributed by atoms with Gasteiger partial charge in [0.15, 0.2) is 0 Å². The lowest BCUT2D eigenvalue weighted by molar-refractivity contribution is -0.135. The molecule has 0 bridgehead atoms. The number of carbonyl (C=O) groups excluding carboxylic acids is 1. The second-order valence-corrected chi connectivity index (χ2v) is 10.3. The van der Waals surface area contributed by atoms with Gasteiger partial charge in [-0.25, -0.2) is 4.98 Å². The first-order valence-electron chi connectivity index (χ1n) is 14.0. The highest BCUT2D eigenvalue weighted by atomic mass is 16.5. The van der Waals surface area contributed by atoms with Crippen molar-refractivity contribution >= 4 is 16.8 Å². The Morgan fingerprint density at radius 2 is 1.59 bits per heavy atom. The Bertz CT molecular complexity index is 1450. The predicted molar refractivity (Wildman–Crippen MR) is 158 cm³/mol. The van der Waals surface area contributed by atoms with Crippen molar-refractivity contribution in [1.82, 2.24) is 14.5 Å². The molecule has 39 heavy (non-hydrogen) atoms. The van der Waals surface area contributed by atoms with Gasteiger partial charge >= 0.3 is 0 Å². The van der Waals surface area contributed by atoms with E-state index in [1.165, 1.54) is 0 Å². The van der Waals surface area contributed by atoms with Gasteiger partial charge in [-0.3, -0.25) is 14.2 Å². The smallest absolute Gasteiger partial charge is 0.266 e. The second kappa shape index (κ2) is 12.7. The number of hydrogen-bond acceptors (Lipinski definition) is 4. The van der Waals surface area contributed by atoms with Gasteiger partial charge in [0.25, 0.3) is 5.56 Å². The first-order chi connectivity index (χ1) is 18.8. The van der Waals surface area contributed by atoms with E-state index < -0.39 is 6.04 Å². The van der Waals surface area contributed by atoms with Gasteiger partial charge in [-0.15, -0.1) is 0 Å². The fourth-order valence-electron chi connectivity index (χ4n) is 5.01. The molecule has 0 radical (unpaired) electrons. The maximum Gasteiger partial charge on any atom is 0.266 e. The number of benzene rings is 3. The van der Waals surface area contributed by atoms with Gasteiger partial charge < -0.3 is 9.64 Å². The van der Waals surface area contributed by atoms with Crippen LogP contribution in [0.2, 0.25) is 0 Å². The zero-order valence-corrected chi connectivity index (χ0v) is 23.6. The second-order valence-electron chi connectivity index (χ2n) is 10.3.